The first kappa shape index (κ1) is 24.6. The van der Waals surface area contributed by atoms with Gasteiger partial charge in [0.2, 0.25) is 15.9 Å². The van der Waals surface area contributed by atoms with Crippen molar-refractivity contribution in [2.45, 2.75) is 30.8 Å². The summed E-state index contributed by atoms with van der Waals surface area (Å²) in [5, 5.41) is 10.0. The van der Waals surface area contributed by atoms with Crippen LogP contribution in [0.2, 0.25) is 0 Å². The summed E-state index contributed by atoms with van der Waals surface area (Å²) in [4.78, 5) is 25.7. The first-order valence-corrected chi connectivity index (χ1v) is 11.4. The van der Waals surface area contributed by atoms with E-state index in [-0.39, 0.29) is 17.2 Å². The molecule has 8 nitrogen and oxygen atoms in total. The molecular weight excluding hydrogens is 463 g/mol. The summed E-state index contributed by atoms with van der Waals surface area (Å²) in [7, 11) is -3.50. The summed E-state index contributed by atoms with van der Waals surface area (Å²) < 4.78 is 59.0. The van der Waals surface area contributed by atoms with E-state index in [4.69, 9.17) is 9.90 Å². The fourth-order valence-electron chi connectivity index (χ4n) is 3.76. The standard InChI is InChI=1S/C19H21N3O3S.C2HF3O2/c1-14-4-6-16(7-5-14)26(24,25)22-10-8-19(13-22)11-17(19)18(23)21-15-3-2-9-20-12-15;3-2(4,5)1(6)7/h2-7,9,12,17H,8,10-11,13H2,1H3,(H,21,23);(H,6,7). The van der Waals surface area contributed by atoms with Crippen molar-refractivity contribution in [1.82, 2.24) is 9.29 Å². The summed E-state index contributed by atoms with van der Waals surface area (Å²) in [5.74, 6) is -2.94. The molecule has 4 rings (SSSR count). The summed E-state index contributed by atoms with van der Waals surface area (Å²) in [5.41, 5.74) is 1.47. The summed E-state index contributed by atoms with van der Waals surface area (Å²) in [6.07, 6.45) is -0.364. The molecule has 33 heavy (non-hydrogen) atoms. The number of halogens is 3. The van der Waals surface area contributed by atoms with Crippen LogP contribution < -0.4 is 5.32 Å². The smallest absolute Gasteiger partial charge is 0.475 e. The monoisotopic (exact) mass is 485 g/mol. The highest BCUT2D eigenvalue weighted by Crippen LogP contribution is 2.59. The van der Waals surface area contributed by atoms with Gasteiger partial charge in [0.1, 0.15) is 0 Å². The molecule has 1 amide bonds. The van der Waals surface area contributed by atoms with Crippen LogP contribution in [0.15, 0.2) is 53.7 Å². The number of aliphatic carboxylic acids is 1. The molecule has 1 saturated heterocycles. The average molecular weight is 485 g/mol. The highest BCUT2D eigenvalue weighted by molar-refractivity contribution is 7.89. The Morgan fingerprint density at radius 1 is 1.21 bits per heavy atom. The van der Waals surface area contributed by atoms with E-state index in [1.54, 1.807) is 48.8 Å². The third kappa shape index (κ3) is 5.69. The molecule has 2 fully saturated rings. The van der Waals surface area contributed by atoms with Crippen LogP contribution in [-0.4, -0.2) is 54.0 Å². The summed E-state index contributed by atoms with van der Waals surface area (Å²) in [6, 6.07) is 10.5. The summed E-state index contributed by atoms with van der Waals surface area (Å²) in [6.45, 7) is 2.80. The van der Waals surface area contributed by atoms with Crippen LogP contribution in [0.1, 0.15) is 18.4 Å². The van der Waals surface area contributed by atoms with Gasteiger partial charge in [0.05, 0.1) is 16.8 Å². The number of nitrogens with zero attached hydrogens (tertiary/aromatic N) is 2. The molecule has 178 valence electrons. The van der Waals surface area contributed by atoms with E-state index in [1.165, 1.54) is 4.31 Å². The lowest BCUT2D eigenvalue weighted by molar-refractivity contribution is -0.192. The maximum absolute atomic E-state index is 12.8. The number of hydrogen-bond donors (Lipinski definition) is 2. The van der Waals surface area contributed by atoms with Crippen molar-refractivity contribution in [2.24, 2.45) is 11.3 Å². The number of anilines is 1. The Balaban J connectivity index is 0.000000383. The zero-order valence-corrected chi connectivity index (χ0v) is 18.4. The topological polar surface area (TPSA) is 117 Å². The molecule has 1 aromatic carbocycles. The molecule has 2 atom stereocenters. The Kier molecular flexibility index (Phi) is 6.80. The molecule has 2 aromatic rings. The van der Waals surface area contributed by atoms with E-state index in [0.29, 0.717) is 23.7 Å². The highest BCUT2D eigenvalue weighted by atomic mass is 32.2. The number of aromatic nitrogens is 1. The van der Waals surface area contributed by atoms with Crippen LogP contribution in [0, 0.1) is 18.3 Å². The van der Waals surface area contributed by atoms with Crippen molar-refractivity contribution >= 4 is 27.6 Å². The Bertz CT molecular complexity index is 1120. The number of alkyl halides is 3. The highest BCUT2D eigenvalue weighted by Gasteiger charge is 2.62. The van der Waals surface area contributed by atoms with Crippen LogP contribution in [0.25, 0.3) is 0 Å². The summed E-state index contributed by atoms with van der Waals surface area (Å²) >= 11 is 0. The average Bonchev–Trinajstić information content (AvgIpc) is 3.27. The molecule has 2 N–H and O–H groups in total. The number of amides is 1. The zero-order chi connectivity index (χ0) is 24.4. The molecule has 1 saturated carbocycles. The van der Waals surface area contributed by atoms with Gasteiger partial charge in [-0.25, -0.2) is 13.2 Å². The number of carboxylic acid groups (broad SMARTS) is 1. The number of hydrogen-bond acceptors (Lipinski definition) is 5. The second kappa shape index (κ2) is 9.10. The van der Waals surface area contributed by atoms with Crippen LogP contribution in [-0.2, 0) is 19.6 Å². The Hall–Kier alpha value is -2.99. The molecule has 1 aromatic heterocycles. The van der Waals surface area contributed by atoms with Crippen LogP contribution in [0.3, 0.4) is 0 Å². The van der Waals surface area contributed by atoms with Gasteiger partial charge in [-0.1, -0.05) is 17.7 Å². The molecule has 2 heterocycles. The zero-order valence-electron chi connectivity index (χ0n) is 17.5. The van der Waals surface area contributed by atoms with E-state index in [9.17, 15) is 26.4 Å². The second-order valence-electron chi connectivity index (χ2n) is 8.05. The molecular formula is C21H22F3N3O5S. The lowest BCUT2D eigenvalue weighted by Gasteiger charge is -2.17. The molecule has 0 bridgehead atoms. The second-order valence-corrected chi connectivity index (χ2v) is 9.99. The maximum atomic E-state index is 12.8. The number of rotatable bonds is 4. The number of carboxylic acids is 1. The van der Waals surface area contributed by atoms with E-state index in [1.807, 2.05) is 6.92 Å². The molecule has 2 aliphatic rings. The minimum atomic E-state index is -5.08. The third-order valence-electron chi connectivity index (χ3n) is 5.69. The van der Waals surface area contributed by atoms with Gasteiger partial charge in [0.25, 0.3) is 0 Å². The van der Waals surface area contributed by atoms with Crippen molar-refractivity contribution in [3.05, 3.63) is 54.4 Å². The maximum Gasteiger partial charge on any atom is 0.490 e. The first-order chi connectivity index (χ1) is 15.3. The number of pyridine rings is 1. The van der Waals surface area contributed by atoms with Gasteiger partial charge < -0.3 is 10.4 Å². The van der Waals surface area contributed by atoms with E-state index in [0.717, 1.165) is 18.4 Å². The van der Waals surface area contributed by atoms with Crippen LogP contribution >= 0.6 is 0 Å². The number of aryl methyl sites for hydroxylation is 1. The minimum Gasteiger partial charge on any atom is -0.475 e. The molecule has 1 aliphatic heterocycles. The van der Waals surface area contributed by atoms with Gasteiger partial charge in [0.15, 0.2) is 0 Å². The predicted molar refractivity (Wildman–Crippen MR) is 112 cm³/mol. The number of nitrogens with one attached hydrogen (secondary N) is 1. The fraction of sp³-hybridized carbons (Fsp3) is 0.381. The van der Waals surface area contributed by atoms with Gasteiger partial charge in [-0.05, 0) is 49.4 Å². The van der Waals surface area contributed by atoms with Crippen molar-refractivity contribution in [2.75, 3.05) is 18.4 Å². The van der Waals surface area contributed by atoms with Gasteiger partial charge in [-0.15, -0.1) is 0 Å². The molecule has 2 unspecified atom stereocenters. The van der Waals surface area contributed by atoms with E-state index < -0.39 is 22.2 Å². The molecule has 1 aliphatic carbocycles. The lowest BCUT2D eigenvalue weighted by atomic mass is 10.0. The molecule has 0 radical (unpaired) electrons. The Labute approximate surface area is 188 Å². The quantitative estimate of drug-likeness (QED) is 0.688. The number of carbonyl (C=O) groups is 2. The first-order valence-electron chi connectivity index (χ1n) is 9.93. The number of benzene rings is 1. The van der Waals surface area contributed by atoms with Crippen LogP contribution in [0.5, 0.6) is 0 Å². The van der Waals surface area contributed by atoms with E-state index in [2.05, 4.69) is 10.3 Å². The SMILES string of the molecule is Cc1ccc(S(=O)(=O)N2CCC3(CC3C(=O)Nc3cccnc3)C2)cc1.O=C(O)C(F)(F)F. The van der Waals surface area contributed by atoms with Gasteiger partial charge in [-0.2, -0.15) is 17.5 Å². The Morgan fingerprint density at radius 3 is 2.39 bits per heavy atom. The normalized spacial score (nSPS) is 22.4. The van der Waals surface area contributed by atoms with Gasteiger partial charge in [0, 0.05) is 25.2 Å². The number of carbonyl (C=O) groups excluding carboxylic acids is 1. The fourth-order valence-corrected chi connectivity index (χ4v) is 5.29. The third-order valence-corrected chi connectivity index (χ3v) is 7.55. The van der Waals surface area contributed by atoms with Crippen molar-refractivity contribution in [3.63, 3.8) is 0 Å². The number of sulfonamides is 1. The van der Waals surface area contributed by atoms with Gasteiger partial charge >= 0.3 is 12.1 Å². The molecule has 1 spiro atoms. The Morgan fingerprint density at radius 2 is 1.85 bits per heavy atom. The minimum absolute atomic E-state index is 0.0485. The van der Waals surface area contributed by atoms with Crippen LogP contribution in [0.4, 0.5) is 18.9 Å². The van der Waals surface area contributed by atoms with Crippen molar-refractivity contribution < 1.29 is 36.3 Å². The lowest BCUT2D eigenvalue weighted by Crippen LogP contribution is -2.30. The molecule has 12 heteroatoms. The largest absolute Gasteiger partial charge is 0.490 e. The van der Waals surface area contributed by atoms with Crippen molar-refractivity contribution in [3.8, 4) is 0 Å². The van der Waals surface area contributed by atoms with E-state index >= 15 is 0 Å². The predicted octanol–water partition coefficient (Wildman–Crippen LogP) is 3.06. The van der Waals surface area contributed by atoms with Gasteiger partial charge in [-0.3, -0.25) is 9.78 Å². The van der Waals surface area contributed by atoms with Crippen molar-refractivity contribution in [1.29, 1.82) is 0 Å².